The summed E-state index contributed by atoms with van der Waals surface area (Å²) in [4.78, 5) is 24.9. The summed E-state index contributed by atoms with van der Waals surface area (Å²) in [5.74, 6) is -0.452. The van der Waals surface area contributed by atoms with Gasteiger partial charge in [0.15, 0.2) is 0 Å². The van der Waals surface area contributed by atoms with E-state index in [0.29, 0.717) is 31.6 Å². The van der Waals surface area contributed by atoms with Gasteiger partial charge in [0.1, 0.15) is 11.9 Å². The van der Waals surface area contributed by atoms with Gasteiger partial charge in [0, 0.05) is 22.1 Å². The van der Waals surface area contributed by atoms with Crippen molar-refractivity contribution in [3.63, 3.8) is 0 Å². The number of aryl methyl sites for hydroxylation is 1. The first-order valence-electron chi connectivity index (χ1n) is 10.3. The van der Waals surface area contributed by atoms with Crippen LogP contribution < -0.4 is 16.4 Å². The van der Waals surface area contributed by atoms with E-state index in [9.17, 15) is 14.7 Å². The van der Waals surface area contributed by atoms with Gasteiger partial charge in [0.25, 0.3) is 0 Å². The zero-order valence-electron chi connectivity index (χ0n) is 18.2. The average molecular weight is 589 g/mol. The smallest absolute Gasteiger partial charge is 0.412 e. The topological polar surface area (TPSA) is 114 Å². The molecule has 2 amide bonds. The Hall–Kier alpha value is -3.30. The van der Waals surface area contributed by atoms with Crippen molar-refractivity contribution in [3.8, 4) is 5.75 Å². The van der Waals surface area contributed by atoms with E-state index in [4.69, 9.17) is 10.5 Å². The van der Waals surface area contributed by atoms with Crippen LogP contribution in [0.1, 0.15) is 23.7 Å². The largest absolute Gasteiger partial charge is 0.506 e. The van der Waals surface area contributed by atoms with E-state index < -0.39 is 12.2 Å². The molecule has 0 radical (unpaired) electrons. The molecular weight excluding hydrogens is 566 g/mol. The van der Waals surface area contributed by atoms with E-state index in [2.05, 4.69) is 42.5 Å². The van der Waals surface area contributed by atoms with Crippen LogP contribution in [-0.2, 0) is 9.53 Å². The molecule has 0 aliphatic rings. The molecule has 34 heavy (non-hydrogen) atoms. The zero-order chi connectivity index (χ0) is 24.7. The molecule has 3 aromatic carbocycles. The van der Waals surface area contributed by atoms with Crippen molar-refractivity contribution in [3.05, 3.63) is 92.9 Å². The predicted octanol–water partition coefficient (Wildman–Crippen LogP) is 6.68. The molecule has 0 fully saturated rings. The number of anilines is 3. The van der Waals surface area contributed by atoms with Crippen molar-refractivity contribution < 1.29 is 19.4 Å². The molecule has 0 spiro atoms. The molecule has 0 aliphatic heterocycles. The first-order valence-corrected chi connectivity index (χ1v) is 11.9. The molecule has 0 saturated heterocycles. The number of para-hydroxylation sites is 2. The second-order valence-corrected chi connectivity index (χ2v) is 9.20. The first-order chi connectivity index (χ1) is 16.2. The molecule has 7 nitrogen and oxygen atoms in total. The number of halogens is 2. The minimum atomic E-state index is -0.870. The number of nitrogen functional groups attached to an aromatic ring is 1. The molecule has 5 N–H and O–H groups in total. The van der Waals surface area contributed by atoms with Gasteiger partial charge in [-0.25, -0.2) is 4.79 Å². The highest BCUT2D eigenvalue weighted by Gasteiger charge is 2.22. The van der Waals surface area contributed by atoms with Crippen LogP contribution in [0.15, 0.2) is 81.8 Å². The fourth-order valence-corrected chi connectivity index (χ4v) is 4.33. The van der Waals surface area contributed by atoms with Crippen LogP contribution in [0.3, 0.4) is 0 Å². The summed E-state index contributed by atoms with van der Waals surface area (Å²) in [6.45, 7) is 1.95. The fourth-order valence-electron chi connectivity index (χ4n) is 3.07. The molecule has 0 bridgehead atoms. The number of carbonyl (C=O) groups excluding carboxylic acids is 2. The molecule has 0 aliphatic carbocycles. The lowest BCUT2D eigenvalue weighted by molar-refractivity contribution is -0.111. The van der Waals surface area contributed by atoms with Crippen LogP contribution in [0.5, 0.6) is 5.75 Å². The normalized spacial score (nSPS) is 11.7. The van der Waals surface area contributed by atoms with Crippen molar-refractivity contribution in [2.75, 3.05) is 16.4 Å². The highest BCUT2D eigenvalue weighted by molar-refractivity contribution is 9.11. The van der Waals surface area contributed by atoms with Crippen LogP contribution in [-0.4, -0.2) is 17.1 Å². The molecule has 176 valence electrons. The van der Waals surface area contributed by atoms with E-state index >= 15 is 0 Å². The van der Waals surface area contributed by atoms with E-state index in [1.165, 1.54) is 6.08 Å². The van der Waals surface area contributed by atoms with Crippen molar-refractivity contribution in [1.29, 1.82) is 0 Å². The van der Waals surface area contributed by atoms with Gasteiger partial charge in [-0.1, -0.05) is 51.8 Å². The first kappa shape index (κ1) is 25.3. The number of carbonyl (C=O) groups is 2. The Morgan fingerprint density at radius 3 is 2.50 bits per heavy atom. The average Bonchev–Trinajstić information content (AvgIpc) is 2.78. The maximum Gasteiger partial charge on any atom is 0.412 e. The molecule has 0 aromatic heterocycles. The molecule has 3 rings (SSSR count). The molecule has 0 unspecified atom stereocenters. The second-order valence-electron chi connectivity index (χ2n) is 7.42. The van der Waals surface area contributed by atoms with Gasteiger partial charge in [0.2, 0.25) is 5.91 Å². The summed E-state index contributed by atoms with van der Waals surface area (Å²) in [6.07, 6.45) is 1.46. The van der Waals surface area contributed by atoms with E-state index in [0.717, 1.165) is 5.56 Å². The molecular formula is C25H23Br2N3O4. The van der Waals surface area contributed by atoms with Crippen LogP contribution >= 0.6 is 31.9 Å². The van der Waals surface area contributed by atoms with Gasteiger partial charge >= 0.3 is 6.09 Å². The molecule has 3 aromatic rings. The third-order valence-corrected chi connectivity index (χ3v) is 5.85. The van der Waals surface area contributed by atoms with Crippen LogP contribution in [0.25, 0.3) is 0 Å². The molecule has 9 heteroatoms. The number of nitrogens with two attached hydrogens (primary N) is 1. The van der Waals surface area contributed by atoms with Crippen molar-refractivity contribution in [1.82, 2.24) is 0 Å². The van der Waals surface area contributed by atoms with Crippen molar-refractivity contribution in [2.45, 2.75) is 19.4 Å². The number of benzene rings is 3. The van der Waals surface area contributed by atoms with Crippen LogP contribution in [0, 0.1) is 6.92 Å². The number of hydrogen-bond acceptors (Lipinski definition) is 5. The van der Waals surface area contributed by atoms with Crippen molar-refractivity contribution >= 4 is 60.9 Å². The standard InChI is InChI=1S/C25H23Br2N3O4/c1-15-9-11-17(12-10-15)29-25(33)34-22(18-13-16(26)14-19(27)24(18)32)7-4-8-23(31)30-21-6-3-2-5-20(21)28/h2-6,8-14,22,32H,7,28H2,1H3,(H,29,33)(H,30,31)/b8-4+/t22-/m1/s1. The Balaban J connectivity index is 1.75. The van der Waals surface area contributed by atoms with Crippen LogP contribution in [0.4, 0.5) is 21.9 Å². The van der Waals surface area contributed by atoms with E-state index in [1.807, 2.05) is 19.1 Å². The summed E-state index contributed by atoms with van der Waals surface area (Å²) in [5.41, 5.74) is 8.80. The van der Waals surface area contributed by atoms with E-state index in [-0.39, 0.29) is 18.1 Å². The Morgan fingerprint density at radius 2 is 1.79 bits per heavy atom. The Morgan fingerprint density at radius 1 is 1.09 bits per heavy atom. The maximum atomic E-state index is 12.6. The summed E-state index contributed by atoms with van der Waals surface area (Å²) in [5, 5.41) is 15.9. The number of rotatable bonds is 7. The molecule has 1 atom stereocenters. The van der Waals surface area contributed by atoms with Gasteiger partial charge in [-0.2, -0.15) is 0 Å². The number of amides is 2. The van der Waals surface area contributed by atoms with Gasteiger partial charge < -0.3 is 20.9 Å². The van der Waals surface area contributed by atoms with Crippen LogP contribution in [0.2, 0.25) is 0 Å². The quantitative estimate of drug-likeness (QED) is 0.181. The molecule has 0 saturated carbocycles. The fraction of sp³-hybridized carbons (Fsp3) is 0.120. The highest BCUT2D eigenvalue weighted by Crippen LogP contribution is 2.38. The summed E-state index contributed by atoms with van der Waals surface area (Å²) in [7, 11) is 0. The second kappa shape index (κ2) is 11.7. The third-order valence-electron chi connectivity index (χ3n) is 4.79. The van der Waals surface area contributed by atoms with Gasteiger partial charge in [-0.3, -0.25) is 10.1 Å². The minimum Gasteiger partial charge on any atom is -0.506 e. The SMILES string of the molecule is Cc1ccc(NC(=O)O[C@H](C/C=C/C(=O)Nc2ccccc2N)c2cc(Br)cc(Br)c2O)cc1. The molecule has 0 heterocycles. The lowest BCUT2D eigenvalue weighted by Gasteiger charge is -2.19. The number of ether oxygens (including phenoxy) is 1. The number of nitrogens with one attached hydrogen (secondary N) is 2. The van der Waals surface area contributed by atoms with Gasteiger partial charge in [0.05, 0.1) is 15.8 Å². The van der Waals surface area contributed by atoms with E-state index in [1.54, 1.807) is 54.6 Å². The Bertz CT molecular complexity index is 1210. The monoisotopic (exact) mass is 587 g/mol. The predicted molar refractivity (Wildman–Crippen MR) is 141 cm³/mol. The number of hydrogen-bond donors (Lipinski definition) is 4. The van der Waals surface area contributed by atoms with Crippen molar-refractivity contribution in [2.24, 2.45) is 0 Å². The maximum absolute atomic E-state index is 12.6. The lowest BCUT2D eigenvalue weighted by atomic mass is 10.0. The highest BCUT2D eigenvalue weighted by atomic mass is 79.9. The number of aromatic hydroxyl groups is 1. The van der Waals surface area contributed by atoms with Gasteiger partial charge in [-0.05, 0) is 65.3 Å². The third kappa shape index (κ3) is 7.10. The summed E-state index contributed by atoms with van der Waals surface area (Å²) >= 11 is 6.68. The number of phenols is 1. The Kier molecular flexibility index (Phi) is 8.72. The van der Waals surface area contributed by atoms with Gasteiger partial charge in [-0.15, -0.1) is 0 Å². The number of phenolic OH excluding ortho intramolecular Hbond substituents is 1. The minimum absolute atomic E-state index is 0.0637. The summed E-state index contributed by atoms with van der Waals surface area (Å²) < 4.78 is 6.74. The zero-order valence-corrected chi connectivity index (χ0v) is 21.4. The summed E-state index contributed by atoms with van der Waals surface area (Å²) in [6, 6.07) is 17.5. The Labute approximate surface area is 214 Å². The lowest BCUT2D eigenvalue weighted by Crippen LogP contribution is -2.18.